The quantitative estimate of drug-likeness (QED) is 0.687. The van der Waals surface area contributed by atoms with Crippen LogP contribution in [0, 0.1) is 17.3 Å². The molecule has 0 spiro atoms. The van der Waals surface area contributed by atoms with Crippen molar-refractivity contribution < 1.29 is 19.1 Å². The predicted molar refractivity (Wildman–Crippen MR) is 70.0 cm³/mol. The van der Waals surface area contributed by atoms with Gasteiger partial charge in [0.05, 0.1) is 12.5 Å². The molecule has 0 saturated heterocycles. The van der Waals surface area contributed by atoms with Crippen LogP contribution in [0.25, 0.3) is 0 Å². The van der Waals surface area contributed by atoms with Crippen LogP contribution in [-0.4, -0.2) is 24.6 Å². The van der Waals surface area contributed by atoms with E-state index in [4.69, 9.17) is 9.47 Å². The third kappa shape index (κ3) is 5.52. The van der Waals surface area contributed by atoms with E-state index in [0.717, 1.165) is 0 Å². The van der Waals surface area contributed by atoms with Gasteiger partial charge in [0, 0.05) is 12.3 Å². The van der Waals surface area contributed by atoms with Crippen molar-refractivity contribution in [1.82, 2.24) is 0 Å². The summed E-state index contributed by atoms with van der Waals surface area (Å²) in [4.78, 5) is 22.6. The zero-order valence-electron chi connectivity index (χ0n) is 12.6. The largest absolute Gasteiger partial charge is 0.465 e. The molecule has 106 valence electrons. The van der Waals surface area contributed by atoms with Crippen molar-refractivity contribution in [3.63, 3.8) is 0 Å². The summed E-state index contributed by atoms with van der Waals surface area (Å²) >= 11 is 0. The van der Waals surface area contributed by atoms with Crippen molar-refractivity contribution in [2.75, 3.05) is 6.61 Å². The molecule has 0 saturated carbocycles. The molecular weight excluding hydrogens is 232 g/mol. The Kier molecular flexibility index (Phi) is 6.36. The summed E-state index contributed by atoms with van der Waals surface area (Å²) in [7, 11) is 0. The average Bonchev–Trinajstić information content (AvgIpc) is 2.21. The maximum absolute atomic E-state index is 11.7. The van der Waals surface area contributed by atoms with Crippen molar-refractivity contribution in [3.8, 4) is 0 Å². The highest BCUT2D eigenvalue weighted by molar-refractivity contribution is 5.71. The molecule has 0 aromatic rings. The Morgan fingerprint density at radius 3 is 1.94 bits per heavy atom. The minimum atomic E-state index is -0.398. The van der Waals surface area contributed by atoms with Gasteiger partial charge in [-0.2, -0.15) is 0 Å². The highest BCUT2D eigenvalue weighted by Crippen LogP contribution is 2.30. The molecule has 0 aromatic carbocycles. The van der Waals surface area contributed by atoms with Crippen LogP contribution < -0.4 is 0 Å². The molecule has 0 amide bonds. The summed E-state index contributed by atoms with van der Waals surface area (Å²) in [6.07, 6.45) is -0.272. The number of hydrogen-bond donors (Lipinski definition) is 0. The summed E-state index contributed by atoms with van der Waals surface area (Å²) < 4.78 is 10.6. The minimum absolute atomic E-state index is 0.157. The van der Waals surface area contributed by atoms with Gasteiger partial charge in [-0.25, -0.2) is 0 Å². The first-order chi connectivity index (χ1) is 8.08. The smallest absolute Gasteiger partial charge is 0.308 e. The maximum atomic E-state index is 11.7. The van der Waals surface area contributed by atoms with Gasteiger partial charge in [-0.15, -0.1) is 0 Å². The summed E-state index contributed by atoms with van der Waals surface area (Å²) in [5.41, 5.74) is -0.398. The second kappa shape index (κ2) is 6.76. The number of esters is 2. The standard InChI is InChI=1S/C14H26O4/c1-9(2)12(18-13(16)10(3)4)14(6,7)8-17-11(5)15/h9-10,12H,8H2,1-7H3. The van der Waals surface area contributed by atoms with Crippen LogP contribution in [0.15, 0.2) is 0 Å². The average molecular weight is 258 g/mol. The first-order valence-electron chi connectivity index (χ1n) is 6.41. The zero-order chi connectivity index (χ0) is 14.5. The molecule has 0 aliphatic carbocycles. The molecule has 0 fully saturated rings. The van der Waals surface area contributed by atoms with Crippen molar-refractivity contribution >= 4 is 11.9 Å². The van der Waals surface area contributed by atoms with Crippen LogP contribution in [0.3, 0.4) is 0 Å². The van der Waals surface area contributed by atoms with Gasteiger partial charge in [0.15, 0.2) is 0 Å². The van der Waals surface area contributed by atoms with E-state index in [0.29, 0.717) is 0 Å². The fraction of sp³-hybridized carbons (Fsp3) is 0.857. The SMILES string of the molecule is CC(=O)OCC(C)(C)C(OC(=O)C(C)C)C(C)C. The van der Waals surface area contributed by atoms with E-state index < -0.39 is 5.41 Å². The van der Waals surface area contributed by atoms with E-state index in [1.807, 2.05) is 27.7 Å². The Morgan fingerprint density at radius 2 is 1.61 bits per heavy atom. The molecule has 4 heteroatoms. The van der Waals surface area contributed by atoms with Crippen LogP contribution in [0.2, 0.25) is 0 Å². The number of carbonyl (C=O) groups is 2. The van der Waals surface area contributed by atoms with E-state index in [9.17, 15) is 9.59 Å². The molecule has 18 heavy (non-hydrogen) atoms. The Balaban J connectivity index is 4.76. The molecule has 0 N–H and O–H groups in total. The lowest BCUT2D eigenvalue weighted by Crippen LogP contribution is -2.42. The Labute approximate surface area is 110 Å². The zero-order valence-corrected chi connectivity index (χ0v) is 12.6. The molecule has 0 rings (SSSR count). The Hall–Kier alpha value is -1.06. The second-order valence-corrected chi connectivity index (χ2v) is 6.03. The number of carbonyl (C=O) groups excluding carboxylic acids is 2. The Bertz CT molecular complexity index is 292. The number of ether oxygens (including phenoxy) is 2. The van der Waals surface area contributed by atoms with Crippen LogP contribution in [0.1, 0.15) is 48.5 Å². The van der Waals surface area contributed by atoms with Gasteiger partial charge in [-0.1, -0.05) is 41.5 Å². The highest BCUT2D eigenvalue weighted by Gasteiger charge is 2.36. The van der Waals surface area contributed by atoms with Crippen LogP contribution in [-0.2, 0) is 19.1 Å². The lowest BCUT2D eigenvalue weighted by molar-refractivity contribution is -0.168. The molecule has 0 radical (unpaired) electrons. The summed E-state index contributed by atoms with van der Waals surface area (Å²) in [5.74, 6) is -0.528. The summed E-state index contributed by atoms with van der Waals surface area (Å²) in [6.45, 7) is 13.1. The van der Waals surface area contributed by atoms with Crippen molar-refractivity contribution in [1.29, 1.82) is 0 Å². The number of rotatable bonds is 6. The van der Waals surface area contributed by atoms with Gasteiger partial charge in [0.1, 0.15) is 6.10 Å². The van der Waals surface area contributed by atoms with Crippen LogP contribution in [0.5, 0.6) is 0 Å². The number of hydrogen-bond acceptors (Lipinski definition) is 4. The van der Waals surface area contributed by atoms with Crippen molar-refractivity contribution in [2.24, 2.45) is 17.3 Å². The normalized spacial score (nSPS) is 13.6. The van der Waals surface area contributed by atoms with E-state index in [-0.39, 0.29) is 36.5 Å². The lowest BCUT2D eigenvalue weighted by Gasteiger charge is -2.36. The highest BCUT2D eigenvalue weighted by atomic mass is 16.6. The second-order valence-electron chi connectivity index (χ2n) is 6.03. The van der Waals surface area contributed by atoms with Gasteiger partial charge in [-0.3, -0.25) is 9.59 Å². The maximum Gasteiger partial charge on any atom is 0.308 e. The van der Waals surface area contributed by atoms with Crippen molar-refractivity contribution in [2.45, 2.75) is 54.6 Å². The summed E-state index contributed by atoms with van der Waals surface area (Å²) in [5, 5.41) is 0. The van der Waals surface area contributed by atoms with Gasteiger partial charge in [-0.05, 0) is 5.92 Å². The minimum Gasteiger partial charge on any atom is -0.465 e. The van der Waals surface area contributed by atoms with E-state index >= 15 is 0 Å². The fourth-order valence-corrected chi connectivity index (χ4v) is 1.83. The fourth-order valence-electron chi connectivity index (χ4n) is 1.83. The van der Waals surface area contributed by atoms with E-state index in [2.05, 4.69) is 0 Å². The van der Waals surface area contributed by atoms with E-state index in [1.54, 1.807) is 13.8 Å². The molecule has 4 nitrogen and oxygen atoms in total. The van der Waals surface area contributed by atoms with Crippen LogP contribution >= 0.6 is 0 Å². The van der Waals surface area contributed by atoms with Gasteiger partial charge >= 0.3 is 11.9 Å². The first-order valence-corrected chi connectivity index (χ1v) is 6.41. The first kappa shape index (κ1) is 16.9. The van der Waals surface area contributed by atoms with E-state index in [1.165, 1.54) is 6.92 Å². The molecule has 0 aromatic heterocycles. The molecule has 0 heterocycles. The molecule has 1 unspecified atom stereocenters. The molecular formula is C14H26O4. The summed E-state index contributed by atoms with van der Waals surface area (Å²) in [6, 6.07) is 0. The van der Waals surface area contributed by atoms with Gasteiger partial charge in [0.25, 0.3) is 0 Å². The molecule has 0 aliphatic heterocycles. The Morgan fingerprint density at radius 1 is 1.11 bits per heavy atom. The monoisotopic (exact) mass is 258 g/mol. The van der Waals surface area contributed by atoms with Gasteiger partial charge in [0.2, 0.25) is 0 Å². The van der Waals surface area contributed by atoms with Gasteiger partial charge < -0.3 is 9.47 Å². The molecule has 1 atom stereocenters. The molecule has 0 bridgehead atoms. The van der Waals surface area contributed by atoms with Crippen molar-refractivity contribution in [3.05, 3.63) is 0 Å². The predicted octanol–water partition coefficient (Wildman–Crippen LogP) is 2.80. The molecule has 0 aliphatic rings. The van der Waals surface area contributed by atoms with Crippen LogP contribution in [0.4, 0.5) is 0 Å². The topological polar surface area (TPSA) is 52.6 Å². The third-order valence-electron chi connectivity index (χ3n) is 2.74. The lowest BCUT2D eigenvalue weighted by atomic mass is 9.81. The third-order valence-corrected chi connectivity index (χ3v) is 2.74.